The third-order valence-corrected chi connectivity index (χ3v) is 7.25. The van der Waals surface area contributed by atoms with E-state index < -0.39 is 23.4 Å². The van der Waals surface area contributed by atoms with Crippen molar-refractivity contribution >= 4 is 0 Å². The van der Waals surface area contributed by atoms with Gasteiger partial charge in [0.15, 0.2) is 0 Å². The SMILES string of the molecule is CCCCCCC(O)(CCCCCC)[C@H](O)[C@@H](O)C(O)(CCCCCC)CCCCCC. The van der Waals surface area contributed by atoms with Crippen LogP contribution in [-0.2, 0) is 0 Å². The summed E-state index contributed by atoms with van der Waals surface area (Å²) in [6, 6.07) is 0. The van der Waals surface area contributed by atoms with E-state index in [0.29, 0.717) is 25.7 Å². The first kappa shape index (κ1) is 31.8. The standard InChI is InChI=1S/C28H58O4/c1-5-9-13-17-21-27(31,22-18-14-10-6-2)25(29)26(30)28(32,23-19-15-11-7-3)24-20-16-12-8-4/h25-26,29-32H,5-24H2,1-4H3/t25-,26-/m1/s1. The number of aliphatic hydroxyl groups excluding tert-OH is 2. The van der Waals surface area contributed by atoms with Gasteiger partial charge in [0.25, 0.3) is 0 Å². The van der Waals surface area contributed by atoms with Crippen molar-refractivity contribution in [3.63, 3.8) is 0 Å². The van der Waals surface area contributed by atoms with E-state index in [1.54, 1.807) is 0 Å². The number of hydrogen-bond donors (Lipinski definition) is 4. The van der Waals surface area contributed by atoms with Crippen molar-refractivity contribution in [3.05, 3.63) is 0 Å². The normalized spacial score (nSPS) is 14.6. The minimum absolute atomic E-state index is 0.485. The molecule has 0 aliphatic rings. The zero-order valence-electron chi connectivity index (χ0n) is 22.1. The van der Waals surface area contributed by atoms with Gasteiger partial charge in [-0.1, -0.05) is 130 Å². The molecule has 32 heavy (non-hydrogen) atoms. The number of rotatable bonds is 23. The van der Waals surface area contributed by atoms with E-state index in [9.17, 15) is 20.4 Å². The highest BCUT2D eigenvalue weighted by Crippen LogP contribution is 2.35. The van der Waals surface area contributed by atoms with Crippen LogP contribution in [0.2, 0.25) is 0 Å². The molecule has 0 spiro atoms. The molecule has 0 fully saturated rings. The van der Waals surface area contributed by atoms with E-state index in [1.807, 2.05) is 0 Å². The highest BCUT2D eigenvalue weighted by atomic mass is 16.4. The summed E-state index contributed by atoms with van der Waals surface area (Å²) in [6.07, 6.45) is 15.7. The third kappa shape index (κ3) is 12.9. The second-order valence-electron chi connectivity index (χ2n) is 10.3. The molecule has 4 nitrogen and oxygen atoms in total. The summed E-state index contributed by atoms with van der Waals surface area (Å²) >= 11 is 0. The van der Waals surface area contributed by atoms with Crippen LogP contribution in [0.5, 0.6) is 0 Å². The van der Waals surface area contributed by atoms with Crippen LogP contribution in [0, 0.1) is 0 Å². The van der Waals surface area contributed by atoms with Gasteiger partial charge < -0.3 is 20.4 Å². The monoisotopic (exact) mass is 458 g/mol. The molecule has 2 atom stereocenters. The van der Waals surface area contributed by atoms with Gasteiger partial charge in [-0.3, -0.25) is 0 Å². The third-order valence-electron chi connectivity index (χ3n) is 7.25. The quantitative estimate of drug-likeness (QED) is 0.124. The summed E-state index contributed by atoms with van der Waals surface area (Å²) < 4.78 is 0. The molecular formula is C28H58O4. The van der Waals surface area contributed by atoms with Gasteiger partial charge in [-0.05, 0) is 25.7 Å². The molecular weight excluding hydrogens is 400 g/mol. The Morgan fingerprint density at radius 1 is 0.406 bits per heavy atom. The largest absolute Gasteiger partial charge is 0.387 e. The summed E-state index contributed by atoms with van der Waals surface area (Å²) in [7, 11) is 0. The molecule has 0 aromatic rings. The van der Waals surface area contributed by atoms with Gasteiger partial charge in [0.2, 0.25) is 0 Å². The Bertz CT molecular complexity index is 350. The van der Waals surface area contributed by atoms with E-state index in [4.69, 9.17) is 0 Å². The van der Waals surface area contributed by atoms with Crippen molar-refractivity contribution in [2.24, 2.45) is 0 Å². The van der Waals surface area contributed by atoms with Gasteiger partial charge in [0.1, 0.15) is 12.2 Å². The molecule has 0 unspecified atom stereocenters. The minimum Gasteiger partial charge on any atom is -0.387 e. The topological polar surface area (TPSA) is 80.9 Å². The van der Waals surface area contributed by atoms with Crippen LogP contribution in [0.4, 0.5) is 0 Å². The lowest BCUT2D eigenvalue weighted by Gasteiger charge is -2.43. The van der Waals surface area contributed by atoms with Crippen LogP contribution < -0.4 is 0 Å². The fourth-order valence-electron chi connectivity index (χ4n) is 4.86. The molecule has 0 aliphatic carbocycles. The maximum Gasteiger partial charge on any atom is 0.111 e. The number of aliphatic hydroxyl groups is 4. The molecule has 0 aromatic heterocycles. The lowest BCUT2D eigenvalue weighted by atomic mass is 9.75. The van der Waals surface area contributed by atoms with E-state index in [1.165, 1.54) is 0 Å². The summed E-state index contributed by atoms with van der Waals surface area (Å²) in [6.45, 7) is 8.64. The van der Waals surface area contributed by atoms with E-state index in [2.05, 4.69) is 27.7 Å². The molecule has 194 valence electrons. The Labute approximate surface area is 200 Å². The fourth-order valence-corrected chi connectivity index (χ4v) is 4.86. The van der Waals surface area contributed by atoms with Gasteiger partial charge in [-0.2, -0.15) is 0 Å². The molecule has 0 saturated carbocycles. The maximum atomic E-state index is 11.5. The zero-order chi connectivity index (χ0) is 24.3. The zero-order valence-corrected chi connectivity index (χ0v) is 22.1. The molecule has 0 aromatic carbocycles. The Balaban J connectivity index is 5.33. The van der Waals surface area contributed by atoms with Crippen LogP contribution in [0.3, 0.4) is 0 Å². The van der Waals surface area contributed by atoms with Crippen molar-refractivity contribution in [2.45, 2.75) is 180 Å². The van der Waals surface area contributed by atoms with Crippen molar-refractivity contribution in [1.82, 2.24) is 0 Å². The molecule has 4 heteroatoms. The van der Waals surface area contributed by atoms with Crippen molar-refractivity contribution in [3.8, 4) is 0 Å². The smallest absolute Gasteiger partial charge is 0.111 e. The van der Waals surface area contributed by atoms with Crippen molar-refractivity contribution in [1.29, 1.82) is 0 Å². The first-order valence-corrected chi connectivity index (χ1v) is 14.1. The van der Waals surface area contributed by atoms with Crippen LogP contribution in [0.15, 0.2) is 0 Å². The predicted octanol–water partition coefficient (Wildman–Crippen LogP) is 7.05. The van der Waals surface area contributed by atoms with Crippen LogP contribution in [0.1, 0.15) is 156 Å². The minimum atomic E-state index is -1.33. The van der Waals surface area contributed by atoms with Crippen LogP contribution >= 0.6 is 0 Å². The lowest BCUT2D eigenvalue weighted by molar-refractivity contribution is -0.194. The summed E-state index contributed by atoms with van der Waals surface area (Å²) in [5.41, 5.74) is -2.66. The summed E-state index contributed by atoms with van der Waals surface area (Å²) in [5.74, 6) is 0. The molecule has 0 radical (unpaired) electrons. The first-order valence-electron chi connectivity index (χ1n) is 14.1. The summed E-state index contributed by atoms with van der Waals surface area (Å²) in [4.78, 5) is 0. The molecule has 0 aliphatic heterocycles. The first-order chi connectivity index (χ1) is 15.3. The van der Waals surface area contributed by atoms with Gasteiger partial charge in [-0.25, -0.2) is 0 Å². The van der Waals surface area contributed by atoms with E-state index >= 15 is 0 Å². The van der Waals surface area contributed by atoms with Crippen molar-refractivity contribution < 1.29 is 20.4 Å². The molecule has 4 N–H and O–H groups in total. The fraction of sp³-hybridized carbons (Fsp3) is 1.00. The van der Waals surface area contributed by atoms with Gasteiger partial charge in [0, 0.05) is 0 Å². The second kappa shape index (κ2) is 19.2. The Morgan fingerprint density at radius 2 is 0.625 bits per heavy atom. The summed E-state index contributed by atoms with van der Waals surface area (Å²) in [5, 5.41) is 45.5. The molecule has 0 saturated heterocycles. The molecule has 0 rings (SSSR count). The maximum absolute atomic E-state index is 11.5. The van der Waals surface area contributed by atoms with Crippen molar-refractivity contribution in [2.75, 3.05) is 0 Å². The average molecular weight is 459 g/mol. The Kier molecular flexibility index (Phi) is 19.1. The lowest BCUT2D eigenvalue weighted by Crippen LogP contribution is -2.58. The highest BCUT2D eigenvalue weighted by Gasteiger charge is 2.47. The predicted molar refractivity (Wildman–Crippen MR) is 137 cm³/mol. The van der Waals surface area contributed by atoms with Crippen LogP contribution in [0.25, 0.3) is 0 Å². The Morgan fingerprint density at radius 3 is 0.812 bits per heavy atom. The average Bonchev–Trinajstić information content (AvgIpc) is 2.79. The Hall–Kier alpha value is -0.160. The number of hydrogen-bond acceptors (Lipinski definition) is 4. The molecule has 0 bridgehead atoms. The second-order valence-corrected chi connectivity index (χ2v) is 10.3. The van der Waals surface area contributed by atoms with Gasteiger partial charge >= 0.3 is 0 Å². The van der Waals surface area contributed by atoms with E-state index in [0.717, 1.165) is 103 Å². The number of unbranched alkanes of at least 4 members (excludes halogenated alkanes) is 12. The van der Waals surface area contributed by atoms with Gasteiger partial charge in [-0.15, -0.1) is 0 Å². The van der Waals surface area contributed by atoms with Crippen LogP contribution in [-0.4, -0.2) is 43.8 Å². The molecule has 0 heterocycles. The van der Waals surface area contributed by atoms with E-state index in [-0.39, 0.29) is 0 Å². The molecule has 0 amide bonds. The highest BCUT2D eigenvalue weighted by molar-refractivity contribution is 4.99. The van der Waals surface area contributed by atoms with Gasteiger partial charge in [0.05, 0.1) is 11.2 Å².